The van der Waals surface area contributed by atoms with Gasteiger partial charge in [-0.15, -0.1) is 12.4 Å². The van der Waals surface area contributed by atoms with E-state index in [1.807, 2.05) is 24.3 Å². The van der Waals surface area contributed by atoms with Gasteiger partial charge in [0.1, 0.15) is 0 Å². The number of carbonyl (C=O) groups is 2. The summed E-state index contributed by atoms with van der Waals surface area (Å²) in [5.41, 5.74) is 1.90. The first-order valence-corrected chi connectivity index (χ1v) is 9.34. The van der Waals surface area contributed by atoms with Crippen molar-refractivity contribution in [1.29, 1.82) is 0 Å². The van der Waals surface area contributed by atoms with Crippen LogP contribution >= 0.6 is 12.4 Å². The Bertz CT molecular complexity index is 758. The first kappa shape index (κ1) is 21.1. The predicted octanol–water partition coefficient (Wildman–Crippen LogP) is 4.30. The van der Waals surface area contributed by atoms with Crippen LogP contribution in [0.3, 0.4) is 0 Å². The van der Waals surface area contributed by atoms with E-state index < -0.39 is 0 Å². The molecule has 0 radical (unpaired) electrons. The third-order valence-electron chi connectivity index (χ3n) is 5.09. The summed E-state index contributed by atoms with van der Waals surface area (Å²) in [4.78, 5) is 24.9. The van der Waals surface area contributed by atoms with E-state index >= 15 is 0 Å². The minimum Gasteiger partial charge on any atom is -0.326 e. The molecule has 0 spiro atoms. The van der Waals surface area contributed by atoms with E-state index in [0.29, 0.717) is 35.1 Å². The number of ketones is 1. The number of piperidine rings is 1. The Morgan fingerprint density at radius 3 is 2.56 bits per heavy atom. The fraction of sp³-hybridized carbons (Fsp3) is 0.364. The summed E-state index contributed by atoms with van der Waals surface area (Å²) in [7, 11) is 0. The van der Waals surface area contributed by atoms with E-state index in [1.165, 1.54) is 12.8 Å². The highest BCUT2D eigenvalue weighted by Crippen LogP contribution is 2.23. The third-order valence-corrected chi connectivity index (χ3v) is 5.09. The number of nitrogens with one attached hydrogen (secondary N) is 2. The standard InChI is InChI=1S/C22H26N2O2.ClH/c1-16(19-10-6-12-23-15-19)13-21(25)24-20-11-5-9-18(14-20)22(26)17-7-3-2-4-8-17;/h2-5,7-9,11,14,16,19,23H,6,10,12-13,15H2,1H3,(H,24,25);1H. The predicted molar refractivity (Wildman–Crippen MR) is 112 cm³/mol. The molecular formula is C22H27ClN2O2. The van der Waals surface area contributed by atoms with Crippen molar-refractivity contribution in [2.75, 3.05) is 18.4 Å². The summed E-state index contributed by atoms with van der Waals surface area (Å²) >= 11 is 0. The molecule has 2 aromatic carbocycles. The molecule has 2 unspecified atom stereocenters. The fourth-order valence-electron chi connectivity index (χ4n) is 3.53. The van der Waals surface area contributed by atoms with Gasteiger partial charge in [-0.3, -0.25) is 9.59 Å². The lowest BCUT2D eigenvalue weighted by atomic mass is 9.85. The Labute approximate surface area is 167 Å². The molecule has 1 aliphatic heterocycles. The van der Waals surface area contributed by atoms with Gasteiger partial charge in [-0.25, -0.2) is 0 Å². The number of rotatable bonds is 6. The summed E-state index contributed by atoms with van der Waals surface area (Å²) in [6, 6.07) is 16.3. The monoisotopic (exact) mass is 386 g/mol. The lowest BCUT2D eigenvalue weighted by Crippen LogP contribution is -2.34. The van der Waals surface area contributed by atoms with Crippen molar-refractivity contribution < 1.29 is 9.59 Å². The number of halogens is 1. The normalized spacial score (nSPS) is 17.4. The van der Waals surface area contributed by atoms with Gasteiger partial charge in [0.25, 0.3) is 0 Å². The SMILES string of the molecule is CC(CC(=O)Nc1cccc(C(=O)c2ccccc2)c1)C1CCCNC1.Cl. The summed E-state index contributed by atoms with van der Waals surface area (Å²) < 4.78 is 0. The molecule has 5 heteroatoms. The molecule has 1 saturated heterocycles. The van der Waals surface area contributed by atoms with Gasteiger partial charge in [0.15, 0.2) is 5.78 Å². The van der Waals surface area contributed by atoms with E-state index in [-0.39, 0.29) is 24.1 Å². The van der Waals surface area contributed by atoms with Gasteiger partial charge in [-0.1, -0.05) is 49.4 Å². The third kappa shape index (κ3) is 5.91. The van der Waals surface area contributed by atoms with Crippen LogP contribution in [0.25, 0.3) is 0 Å². The van der Waals surface area contributed by atoms with Crippen LogP contribution in [-0.2, 0) is 4.79 Å². The zero-order chi connectivity index (χ0) is 18.4. The summed E-state index contributed by atoms with van der Waals surface area (Å²) in [5.74, 6) is 0.869. The second kappa shape index (κ2) is 10.2. The van der Waals surface area contributed by atoms with Crippen molar-refractivity contribution in [3.63, 3.8) is 0 Å². The average molecular weight is 387 g/mol. The van der Waals surface area contributed by atoms with E-state index in [4.69, 9.17) is 0 Å². The van der Waals surface area contributed by atoms with Crippen LogP contribution in [0.2, 0.25) is 0 Å². The maximum atomic E-state index is 12.5. The number of anilines is 1. The molecule has 4 nitrogen and oxygen atoms in total. The van der Waals surface area contributed by atoms with Crippen molar-refractivity contribution in [1.82, 2.24) is 5.32 Å². The van der Waals surface area contributed by atoms with E-state index in [9.17, 15) is 9.59 Å². The van der Waals surface area contributed by atoms with Gasteiger partial charge in [0, 0.05) is 23.2 Å². The van der Waals surface area contributed by atoms with Gasteiger partial charge >= 0.3 is 0 Å². The van der Waals surface area contributed by atoms with Crippen molar-refractivity contribution in [2.45, 2.75) is 26.2 Å². The highest BCUT2D eigenvalue weighted by Gasteiger charge is 2.22. The maximum Gasteiger partial charge on any atom is 0.224 e. The summed E-state index contributed by atoms with van der Waals surface area (Å²) in [5, 5.41) is 6.35. The molecule has 1 heterocycles. The molecular weight excluding hydrogens is 360 g/mol. The van der Waals surface area contributed by atoms with Crippen LogP contribution in [0.1, 0.15) is 42.1 Å². The minimum absolute atomic E-state index is 0. The van der Waals surface area contributed by atoms with Gasteiger partial charge < -0.3 is 10.6 Å². The number of hydrogen-bond donors (Lipinski definition) is 2. The van der Waals surface area contributed by atoms with Crippen molar-refractivity contribution >= 4 is 29.8 Å². The van der Waals surface area contributed by atoms with Crippen LogP contribution in [0.4, 0.5) is 5.69 Å². The number of hydrogen-bond acceptors (Lipinski definition) is 3. The molecule has 1 aliphatic rings. The Hall–Kier alpha value is -2.17. The lowest BCUT2D eigenvalue weighted by Gasteiger charge is -2.28. The molecule has 0 aromatic heterocycles. The second-order valence-electron chi connectivity index (χ2n) is 7.11. The molecule has 0 aliphatic carbocycles. The molecule has 1 amide bonds. The highest BCUT2D eigenvalue weighted by molar-refractivity contribution is 6.09. The quantitative estimate of drug-likeness (QED) is 0.727. The smallest absolute Gasteiger partial charge is 0.224 e. The van der Waals surface area contributed by atoms with Crippen LogP contribution in [0.5, 0.6) is 0 Å². The Balaban J connectivity index is 0.00000261. The van der Waals surface area contributed by atoms with Gasteiger partial charge in [0.2, 0.25) is 5.91 Å². The molecule has 2 atom stereocenters. The summed E-state index contributed by atoms with van der Waals surface area (Å²) in [6.07, 6.45) is 2.87. The number of carbonyl (C=O) groups excluding carboxylic acids is 2. The van der Waals surface area contributed by atoms with Gasteiger partial charge in [-0.2, -0.15) is 0 Å². The Kier molecular flexibility index (Phi) is 8.01. The molecule has 0 saturated carbocycles. The zero-order valence-corrected chi connectivity index (χ0v) is 16.4. The Morgan fingerprint density at radius 1 is 1.11 bits per heavy atom. The molecule has 27 heavy (non-hydrogen) atoms. The minimum atomic E-state index is -0.0386. The van der Waals surface area contributed by atoms with E-state index in [0.717, 1.165) is 13.1 Å². The maximum absolute atomic E-state index is 12.5. The molecule has 1 fully saturated rings. The lowest BCUT2D eigenvalue weighted by molar-refractivity contribution is -0.117. The van der Waals surface area contributed by atoms with Gasteiger partial charge in [-0.05, 0) is 49.9 Å². The molecule has 2 aromatic rings. The molecule has 0 bridgehead atoms. The topological polar surface area (TPSA) is 58.2 Å². The average Bonchev–Trinajstić information content (AvgIpc) is 2.69. The van der Waals surface area contributed by atoms with Gasteiger partial charge in [0.05, 0.1) is 0 Å². The number of benzene rings is 2. The van der Waals surface area contributed by atoms with E-state index in [1.54, 1.807) is 30.3 Å². The fourth-order valence-corrected chi connectivity index (χ4v) is 3.53. The Morgan fingerprint density at radius 2 is 1.85 bits per heavy atom. The van der Waals surface area contributed by atoms with Crippen molar-refractivity contribution in [3.8, 4) is 0 Å². The first-order valence-electron chi connectivity index (χ1n) is 9.34. The highest BCUT2D eigenvalue weighted by atomic mass is 35.5. The molecule has 2 N–H and O–H groups in total. The first-order chi connectivity index (χ1) is 12.6. The molecule has 3 rings (SSSR count). The van der Waals surface area contributed by atoms with Crippen LogP contribution in [-0.4, -0.2) is 24.8 Å². The van der Waals surface area contributed by atoms with Crippen LogP contribution in [0, 0.1) is 11.8 Å². The molecule has 144 valence electrons. The summed E-state index contributed by atoms with van der Waals surface area (Å²) in [6.45, 7) is 4.22. The largest absolute Gasteiger partial charge is 0.326 e. The zero-order valence-electron chi connectivity index (χ0n) is 15.6. The second-order valence-corrected chi connectivity index (χ2v) is 7.11. The number of amides is 1. The van der Waals surface area contributed by atoms with Crippen LogP contribution < -0.4 is 10.6 Å². The van der Waals surface area contributed by atoms with Crippen LogP contribution in [0.15, 0.2) is 54.6 Å². The van der Waals surface area contributed by atoms with Crippen molar-refractivity contribution in [2.24, 2.45) is 11.8 Å². The van der Waals surface area contributed by atoms with Crippen molar-refractivity contribution in [3.05, 3.63) is 65.7 Å². The van der Waals surface area contributed by atoms with E-state index in [2.05, 4.69) is 17.6 Å².